The van der Waals surface area contributed by atoms with Crippen LogP contribution in [0, 0.1) is 13.8 Å². The molecule has 0 aromatic heterocycles. The number of aryl methyl sites for hydroxylation is 2. The lowest BCUT2D eigenvalue weighted by molar-refractivity contribution is 1.26. The van der Waals surface area contributed by atoms with Crippen molar-refractivity contribution >= 4 is 17.3 Å². The summed E-state index contributed by atoms with van der Waals surface area (Å²) in [6, 6.07) is 4.27. The highest BCUT2D eigenvalue weighted by Gasteiger charge is 2.01. The molecule has 0 unspecified atom stereocenters. The first-order valence-electron chi connectivity index (χ1n) is 4.03. The van der Waals surface area contributed by atoms with Crippen molar-refractivity contribution in [3.8, 4) is 0 Å². The standard InChI is InChI=1S/C10H14ClN/c1-7-5-10(12-3)8(2)4-9(7)6-11/h4-5,12H,6H2,1-3H3. The number of benzene rings is 1. The lowest BCUT2D eigenvalue weighted by Gasteiger charge is -2.09. The van der Waals surface area contributed by atoms with Crippen LogP contribution in [-0.2, 0) is 5.88 Å². The van der Waals surface area contributed by atoms with Gasteiger partial charge in [0.05, 0.1) is 0 Å². The van der Waals surface area contributed by atoms with E-state index in [9.17, 15) is 0 Å². The molecule has 0 fully saturated rings. The highest BCUT2D eigenvalue weighted by atomic mass is 35.5. The van der Waals surface area contributed by atoms with Gasteiger partial charge in [0.25, 0.3) is 0 Å². The van der Waals surface area contributed by atoms with E-state index >= 15 is 0 Å². The first-order chi connectivity index (χ1) is 5.69. The van der Waals surface area contributed by atoms with Crippen LogP contribution in [0.1, 0.15) is 16.7 Å². The van der Waals surface area contributed by atoms with E-state index in [0.29, 0.717) is 5.88 Å². The maximum Gasteiger partial charge on any atom is 0.0476 e. The van der Waals surface area contributed by atoms with Crippen LogP contribution in [0.15, 0.2) is 12.1 Å². The van der Waals surface area contributed by atoms with Crippen molar-refractivity contribution in [3.05, 3.63) is 28.8 Å². The highest BCUT2D eigenvalue weighted by molar-refractivity contribution is 6.17. The topological polar surface area (TPSA) is 12.0 Å². The second-order valence-corrected chi connectivity index (χ2v) is 3.24. The van der Waals surface area contributed by atoms with Gasteiger partial charge in [-0.25, -0.2) is 0 Å². The number of hydrogen-bond acceptors (Lipinski definition) is 1. The molecular formula is C10H14ClN. The van der Waals surface area contributed by atoms with Crippen molar-refractivity contribution < 1.29 is 0 Å². The molecule has 0 bridgehead atoms. The van der Waals surface area contributed by atoms with Gasteiger partial charge in [-0.2, -0.15) is 0 Å². The molecule has 0 saturated heterocycles. The van der Waals surface area contributed by atoms with E-state index in [4.69, 9.17) is 11.6 Å². The minimum absolute atomic E-state index is 0.594. The minimum atomic E-state index is 0.594. The molecule has 1 nitrogen and oxygen atoms in total. The Kier molecular flexibility index (Phi) is 2.99. The van der Waals surface area contributed by atoms with Gasteiger partial charge in [0.2, 0.25) is 0 Å². The number of nitrogens with one attached hydrogen (secondary N) is 1. The molecule has 0 atom stereocenters. The molecule has 0 aliphatic heterocycles. The molecule has 2 heteroatoms. The Bertz CT molecular complexity index is 252. The highest BCUT2D eigenvalue weighted by Crippen LogP contribution is 2.21. The fourth-order valence-corrected chi connectivity index (χ4v) is 1.58. The molecule has 1 aromatic carbocycles. The minimum Gasteiger partial charge on any atom is -0.388 e. The van der Waals surface area contributed by atoms with Gasteiger partial charge in [0.15, 0.2) is 0 Å². The largest absolute Gasteiger partial charge is 0.388 e. The fourth-order valence-electron chi connectivity index (χ4n) is 1.29. The summed E-state index contributed by atoms with van der Waals surface area (Å²) in [6.07, 6.45) is 0. The third-order valence-corrected chi connectivity index (χ3v) is 2.38. The SMILES string of the molecule is CNc1cc(C)c(CCl)cc1C. The average Bonchev–Trinajstić information content (AvgIpc) is 2.08. The molecule has 0 amide bonds. The zero-order valence-electron chi connectivity index (χ0n) is 7.74. The zero-order valence-corrected chi connectivity index (χ0v) is 8.50. The third-order valence-electron chi connectivity index (χ3n) is 2.10. The van der Waals surface area contributed by atoms with Crippen LogP contribution < -0.4 is 5.32 Å². The van der Waals surface area contributed by atoms with Crippen LogP contribution in [0.2, 0.25) is 0 Å². The van der Waals surface area contributed by atoms with E-state index in [1.807, 2.05) is 7.05 Å². The van der Waals surface area contributed by atoms with Crippen molar-refractivity contribution in [2.24, 2.45) is 0 Å². The van der Waals surface area contributed by atoms with Crippen LogP contribution in [-0.4, -0.2) is 7.05 Å². The first-order valence-corrected chi connectivity index (χ1v) is 4.56. The van der Waals surface area contributed by atoms with E-state index in [2.05, 4.69) is 31.3 Å². The monoisotopic (exact) mass is 183 g/mol. The molecule has 12 heavy (non-hydrogen) atoms. The molecule has 0 saturated carbocycles. The lowest BCUT2D eigenvalue weighted by Crippen LogP contribution is -1.95. The van der Waals surface area contributed by atoms with E-state index in [1.54, 1.807) is 0 Å². The van der Waals surface area contributed by atoms with Crippen molar-refractivity contribution in [2.75, 3.05) is 12.4 Å². The summed E-state index contributed by atoms with van der Waals surface area (Å²) in [5.74, 6) is 0.594. The molecule has 1 rings (SSSR count). The summed E-state index contributed by atoms with van der Waals surface area (Å²) in [4.78, 5) is 0. The third kappa shape index (κ3) is 1.72. The first kappa shape index (κ1) is 9.40. The van der Waals surface area contributed by atoms with Crippen LogP contribution in [0.5, 0.6) is 0 Å². The van der Waals surface area contributed by atoms with Crippen molar-refractivity contribution in [1.29, 1.82) is 0 Å². The maximum absolute atomic E-state index is 5.78. The Labute approximate surface area is 78.7 Å². The summed E-state index contributed by atoms with van der Waals surface area (Å²) in [7, 11) is 1.93. The van der Waals surface area contributed by atoms with Gasteiger partial charge in [0.1, 0.15) is 0 Å². The molecule has 0 aliphatic carbocycles. The Morgan fingerprint density at radius 2 is 1.92 bits per heavy atom. The Morgan fingerprint density at radius 1 is 1.25 bits per heavy atom. The zero-order chi connectivity index (χ0) is 9.14. The number of rotatable bonds is 2. The molecular weight excluding hydrogens is 170 g/mol. The second-order valence-electron chi connectivity index (χ2n) is 2.98. The predicted octanol–water partition coefficient (Wildman–Crippen LogP) is 3.08. The summed E-state index contributed by atoms with van der Waals surface area (Å²) < 4.78 is 0. The van der Waals surface area contributed by atoms with Crippen LogP contribution in [0.25, 0.3) is 0 Å². The van der Waals surface area contributed by atoms with E-state index < -0.39 is 0 Å². The second kappa shape index (κ2) is 3.81. The van der Waals surface area contributed by atoms with Crippen LogP contribution >= 0.6 is 11.6 Å². The average molecular weight is 184 g/mol. The molecule has 66 valence electrons. The lowest BCUT2D eigenvalue weighted by atomic mass is 10.1. The van der Waals surface area contributed by atoms with Gasteiger partial charge in [-0.15, -0.1) is 11.6 Å². The van der Waals surface area contributed by atoms with Gasteiger partial charge >= 0.3 is 0 Å². The number of hydrogen-bond donors (Lipinski definition) is 1. The molecule has 1 aromatic rings. The summed E-state index contributed by atoms with van der Waals surface area (Å²) in [5.41, 5.74) is 4.90. The van der Waals surface area contributed by atoms with Crippen LogP contribution in [0.4, 0.5) is 5.69 Å². The Morgan fingerprint density at radius 3 is 2.42 bits per heavy atom. The normalized spacial score (nSPS) is 10.0. The molecule has 1 N–H and O–H groups in total. The smallest absolute Gasteiger partial charge is 0.0476 e. The summed E-state index contributed by atoms with van der Waals surface area (Å²) in [5, 5.41) is 3.14. The van der Waals surface area contributed by atoms with Gasteiger partial charge in [-0.05, 0) is 36.6 Å². The van der Waals surface area contributed by atoms with Crippen molar-refractivity contribution in [2.45, 2.75) is 19.7 Å². The number of alkyl halides is 1. The molecule has 0 heterocycles. The van der Waals surface area contributed by atoms with Crippen molar-refractivity contribution in [1.82, 2.24) is 0 Å². The Hall–Kier alpha value is -0.690. The maximum atomic E-state index is 5.78. The summed E-state index contributed by atoms with van der Waals surface area (Å²) in [6.45, 7) is 4.17. The van der Waals surface area contributed by atoms with Gasteiger partial charge < -0.3 is 5.32 Å². The molecule has 0 radical (unpaired) electrons. The summed E-state index contributed by atoms with van der Waals surface area (Å²) >= 11 is 5.78. The van der Waals surface area contributed by atoms with Gasteiger partial charge in [0, 0.05) is 18.6 Å². The van der Waals surface area contributed by atoms with E-state index in [-0.39, 0.29) is 0 Å². The van der Waals surface area contributed by atoms with E-state index in [1.165, 1.54) is 22.4 Å². The van der Waals surface area contributed by atoms with Gasteiger partial charge in [-0.3, -0.25) is 0 Å². The number of anilines is 1. The van der Waals surface area contributed by atoms with Crippen LogP contribution in [0.3, 0.4) is 0 Å². The molecule has 0 spiro atoms. The van der Waals surface area contributed by atoms with Gasteiger partial charge in [-0.1, -0.05) is 6.07 Å². The quantitative estimate of drug-likeness (QED) is 0.695. The predicted molar refractivity (Wildman–Crippen MR) is 55.0 cm³/mol. The van der Waals surface area contributed by atoms with Crippen molar-refractivity contribution in [3.63, 3.8) is 0 Å². The number of halogens is 1. The molecule has 0 aliphatic rings. The van der Waals surface area contributed by atoms with E-state index in [0.717, 1.165) is 0 Å². The fraction of sp³-hybridized carbons (Fsp3) is 0.400. The Balaban J connectivity index is 3.16.